The first-order valence-electron chi connectivity index (χ1n) is 6.26. The van der Waals surface area contributed by atoms with Gasteiger partial charge in [0.1, 0.15) is 6.04 Å². The quantitative estimate of drug-likeness (QED) is 0.715. The minimum absolute atomic E-state index is 0.459. The molecule has 0 amide bonds. The molecule has 1 aromatic carbocycles. The highest BCUT2D eigenvalue weighted by atomic mass is 32.2. The van der Waals surface area contributed by atoms with Crippen molar-refractivity contribution in [3.05, 3.63) is 24.3 Å². The van der Waals surface area contributed by atoms with Gasteiger partial charge in [-0.1, -0.05) is 12.1 Å². The average Bonchev–Trinajstić information content (AvgIpc) is 2.43. The van der Waals surface area contributed by atoms with Gasteiger partial charge in [0.2, 0.25) is 0 Å². The zero-order valence-corrected chi connectivity index (χ0v) is 12.8. The van der Waals surface area contributed by atoms with Crippen molar-refractivity contribution in [3.63, 3.8) is 0 Å². The van der Waals surface area contributed by atoms with Gasteiger partial charge in [0.15, 0.2) is 11.5 Å². The lowest BCUT2D eigenvalue weighted by atomic mass is 10.1. The number of benzene rings is 1. The summed E-state index contributed by atoms with van der Waals surface area (Å²) in [5.74, 6) is 1.01. The Labute approximate surface area is 123 Å². The first-order valence-corrected chi connectivity index (χ1v) is 7.25. The summed E-state index contributed by atoms with van der Waals surface area (Å²) in [7, 11) is 1.59. The van der Waals surface area contributed by atoms with Gasteiger partial charge in [-0.25, -0.2) is 0 Å². The molecule has 20 heavy (non-hydrogen) atoms. The Kier molecular flexibility index (Phi) is 6.16. The van der Waals surface area contributed by atoms with Gasteiger partial charge in [0.05, 0.1) is 13.7 Å². The minimum Gasteiger partial charge on any atom is -0.493 e. The van der Waals surface area contributed by atoms with Crippen molar-refractivity contribution in [2.24, 2.45) is 5.73 Å². The van der Waals surface area contributed by atoms with Gasteiger partial charge in [-0.3, -0.25) is 4.79 Å². The Morgan fingerprint density at radius 3 is 2.55 bits per heavy atom. The molecule has 0 saturated heterocycles. The number of carboxylic acids is 1. The largest absolute Gasteiger partial charge is 0.493 e. The molecule has 0 unspecified atom stereocenters. The second kappa shape index (κ2) is 7.40. The molecule has 0 fully saturated rings. The van der Waals surface area contributed by atoms with E-state index in [9.17, 15) is 4.79 Å². The molecule has 1 aromatic rings. The van der Waals surface area contributed by atoms with E-state index in [0.29, 0.717) is 23.9 Å². The van der Waals surface area contributed by atoms with E-state index in [4.69, 9.17) is 20.3 Å². The number of aliphatic carboxylic acids is 1. The number of ether oxygens (including phenoxy) is 2. The Balaban J connectivity index is 2.43. The van der Waals surface area contributed by atoms with Gasteiger partial charge in [0.25, 0.3) is 0 Å². The van der Waals surface area contributed by atoms with E-state index in [1.165, 1.54) is 11.8 Å². The zero-order chi connectivity index (χ0) is 15.2. The number of nitrogens with two attached hydrogens (primary N) is 1. The van der Waals surface area contributed by atoms with Crippen LogP contribution in [0.1, 0.15) is 13.8 Å². The monoisotopic (exact) mass is 299 g/mol. The van der Waals surface area contributed by atoms with Crippen LogP contribution in [0, 0.1) is 0 Å². The number of hydrogen-bond acceptors (Lipinski definition) is 5. The van der Waals surface area contributed by atoms with Gasteiger partial charge in [-0.15, -0.1) is 11.8 Å². The van der Waals surface area contributed by atoms with Crippen LogP contribution in [0.2, 0.25) is 0 Å². The smallest absolute Gasteiger partial charge is 0.321 e. The number of para-hydroxylation sites is 2. The van der Waals surface area contributed by atoms with E-state index in [2.05, 4.69) is 0 Å². The molecule has 1 atom stereocenters. The van der Waals surface area contributed by atoms with Gasteiger partial charge in [-0.2, -0.15) is 0 Å². The predicted octanol–water partition coefficient (Wildman–Crippen LogP) is 2.00. The molecule has 0 aromatic heterocycles. The average molecular weight is 299 g/mol. The molecule has 0 aliphatic heterocycles. The highest BCUT2D eigenvalue weighted by molar-refractivity contribution is 8.00. The molecule has 112 valence electrons. The second-order valence-corrected chi connectivity index (χ2v) is 6.52. The van der Waals surface area contributed by atoms with E-state index in [1.807, 2.05) is 38.1 Å². The van der Waals surface area contributed by atoms with Crippen LogP contribution in [0.15, 0.2) is 24.3 Å². The van der Waals surface area contributed by atoms with Crippen molar-refractivity contribution in [3.8, 4) is 11.5 Å². The fourth-order valence-corrected chi connectivity index (χ4v) is 2.55. The lowest BCUT2D eigenvalue weighted by Gasteiger charge is -2.27. The van der Waals surface area contributed by atoms with Gasteiger partial charge in [-0.05, 0) is 26.0 Å². The first kappa shape index (κ1) is 16.7. The van der Waals surface area contributed by atoms with Crippen molar-refractivity contribution in [1.29, 1.82) is 0 Å². The van der Waals surface area contributed by atoms with Crippen molar-refractivity contribution in [1.82, 2.24) is 0 Å². The normalized spacial score (nSPS) is 12.8. The number of rotatable bonds is 8. The topological polar surface area (TPSA) is 81.8 Å². The van der Waals surface area contributed by atoms with Crippen LogP contribution >= 0.6 is 11.8 Å². The summed E-state index contributed by atoms with van der Waals surface area (Å²) in [4.78, 5) is 10.9. The van der Waals surface area contributed by atoms with Crippen molar-refractivity contribution < 1.29 is 19.4 Å². The molecule has 6 heteroatoms. The van der Waals surface area contributed by atoms with Gasteiger partial charge < -0.3 is 20.3 Å². The van der Waals surface area contributed by atoms with E-state index in [0.717, 1.165) is 0 Å². The molecular weight excluding hydrogens is 278 g/mol. The summed E-state index contributed by atoms with van der Waals surface area (Å²) in [6, 6.07) is 6.49. The third-order valence-corrected chi connectivity index (χ3v) is 4.27. The molecule has 0 bridgehead atoms. The maximum Gasteiger partial charge on any atom is 0.321 e. The van der Waals surface area contributed by atoms with Crippen molar-refractivity contribution in [2.75, 3.05) is 19.5 Å². The predicted molar refractivity (Wildman–Crippen MR) is 80.6 cm³/mol. The molecule has 0 aliphatic rings. The lowest BCUT2D eigenvalue weighted by Crippen LogP contribution is -2.47. The van der Waals surface area contributed by atoms with Crippen LogP contribution in [0.4, 0.5) is 0 Å². The third kappa shape index (κ3) is 4.61. The summed E-state index contributed by atoms with van der Waals surface area (Å²) in [5.41, 5.74) is 5.65. The number of methoxy groups -OCH3 is 1. The number of carboxylic acid groups (broad SMARTS) is 1. The van der Waals surface area contributed by atoms with Crippen LogP contribution in [0.5, 0.6) is 11.5 Å². The maximum atomic E-state index is 10.9. The Bertz CT molecular complexity index is 451. The molecule has 1 rings (SSSR count). The van der Waals surface area contributed by atoms with Crippen molar-refractivity contribution in [2.45, 2.75) is 24.6 Å². The highest BCUT2D eigenvalue weighted by Gasteiger charge is 2.32. The zero-order valence-electron chi connectivity index (χ0n) is 12.0. The SMILES string of the molecule is COc1ccccc1OCCSC(C)(C)[C@H](N)C(=O)O. The molecule has 0 heterocycles. The fraction of sp³-hybridized carbons (Fsp3) is 0.500. The summed E-state index contributed by atoms with van der Waals surface area (Å²) in [6.45, 7) is 4.10. The van der Waals surface area contributed by atoms with Gasteiger partial charge >= 0.3 is 5.97 Å². The van der Waals surface area contributed by atoms with E-state index in [1.54, 1.807) is 7.11 Å². The van der Waals surface area contributed by atoms with Crippen LogP contribution in [-0.4, -0.2) is 41.3 Å². The first-order chi connectivity index (χ1) is 9.38. The summed E-state index contributed by atoms with van der Waals surface area (Å²) >= 11 is 1.48. The lowest BCUT2D eigenvalue weighted by molar-refractivity contribution is -0.139. The number of hydrogen-bond donors (Lipinski definition) is 2. The molecule has 0 saturated carbocycles. The Morgan fingerprint density at radius 2 is 2.00 bits per heavy atom. The van der Waals surface area contributed by atoms with Crippen LogP contribution in [0.3, 0.4) is 0 Å². The Morgan fingerprint density at radius 1 is 1.40 bits per heavy atom. The fourth-order valence-electron chi connectivity index (χ4n) is 1.58. The summed E-state index contributed by atoms with van der Waals surface area (Å²) in [6.07, 6.45) is 0. The van der Waals surface area contributed by atoms with Crippen LogP contribution in [0.25, 0.3) is 0 Å². The standard InChI is InChI=1S/C14H21NO4S/c1-14(2,12(15)13(16)17)20-9-8-19-11-7-5-4-6-10(11)18-3/h4-7,12H,8-9,15H2,1-3H3,(H,16,17)/t12-/m1/s1. The molecule has 0 aliphatic carbocycles. The molecule has 3 N–H and O–H groups in total. The van der Waals surface area contributed by atoms with E-state index >= 15 is 0 Å². The summed E-state index contributed by atoms with van der Waals surface area (Å²) < 4.78 is 10.3. The molecule has 5 nitrogen and oxygen atoms in total. The van der Waals surface area contributed by atoms with Gasteiger partial charge in [0, 0.05) is 10.5 Å². The second-order valence-electron chi connectivity index (χ2n) is 4.77. The number of thioether (sulfide) groups is 1. The molecule has 0 spiro atoms. The number of carbonyl (C=O) groups is 1. The highest BCUT2D eigenvalue weighted by Crippen LogP contribution is 2.29. The summed E-state index contributed by atoms with van der Waals surface area (Å²) in [5, 5.41) is 8.93. The third-order valence-electron chi connectivity index (χ3n) is 2.90. The maximum absolute atomic E-state index is 10.9. The van der Waals surface area contributed by atoms with E-state index in [-0.39, 0.29) is 0 Å². The van der Waals surface area contributed by atoms with E-state index < -0.39 is 16.8 Å². The molecule has 0 radical (unpaired) electrons. The molecular formula is C14H21NO4S. The van der Waals surface area contributed by atoms with Crippen LogP contribution < -0.4 is 15.2 Å². The van der Waals surface area contributed by atoms with Crippen molar-refractivity contribution >= 4 is 17.7 Å². The Hall–Kier alpha value is -1.40. The van der Waals surface area contributed by atoms with Crippen LogP contribution in [-0.2, 0) is 4.79 Å². The minimum atomic E-state index is -0.992.